The Morgan fingerprint density at radius 2 is 1.72 bits per heavy atom. The van der Waals surface area contributed by atoms with Crippen LogP contribution in [-0.4, -0.2) is 34.2 Å². The van der Waals surface area contributed by atoms with Crippen LogP contribution >= 0.6 is 22.6 Å². The number of esters is 2. The summed E-state index contributed by atoms with van der Waals surface area (Å²) in [6, 6.07) is 0. The summed E-state index contributed by atoms with van der Waals surface area (Å²) in [6.07, 6.45) is -6.60. The summed E-state index contributed by atoms with van der Waals surface area (Å²) < 4.78 is 45.1. The number of ether oxygens (including phenoxy) is 2. The summed E-state index contributed by atoms with van der Waals surface area (Å²) >= 11 is 1.73. The molecule has 0 aromatic heterocycles. The largest absolute Gasteiger partial charge is 0.490 e. The van der Waals surface area contributed by atoms with Crippen LogP contribution in [0.4, 0.5) is 13.2 Å². The lowest BCUT2D eigenvalue weighted by Gasteiger charge is -2.21. The summed E-state index contributed by atoms with van der Waals surface area (Å²) in [5, 5.41) is 0. The molecule has 0 spiro atoms. The molecule has 0 saturated carbocycles. The van der Waals surface area contributed by atoms with E-state index in [0.717, 1.165) is 0 Å². The van der Waals surface area contributed by atoms with Crippen LogP contribution < -0.4 is 0 Å². The van der Waals surface area contributed by atoms with Gasteiger partial charge >= 0.3 is 18.1 Å². The normalized spacial score (nSPS) is 13.9. The lowest BCUT2D eigenvalue weighted by atomic mass is 10.2. The molecule has 0 radical (unpaired) electrons. The van der Waals surface area contributed by atoms with Gasteiger partial charge in [0, 0.05) is 4.43 Å². The minimum Gasteiger partial charge on any atom is -0.460 e. The van der Waals surface area contributed by atoms with Gasteiger partial charge in [-0.05, 0) is 20.8 Å². The van der Waals surface area contributed by atoms with Gasteiger partial charge in [-0.2, -0.15) is 13.2 Å². The molecule has 4 nitrogen and oxygen atoms in total. The average Bonchev–Trinajstić information content (AvgIpc) is 2.11. The van der Waals surface area contributed by atoms with E-state index < -0.39 is 36.2 Å². The summed E-state index contributed by atoms with van der Waals surface area (Å²) in [4.78, 5) is 22.0. The Balaban J connectivity index is 4.37. The van der Waals surface area contributed by atoms with E-state index in [1.165, 1.54) is 0 Å². The van der Waals surface area contributed by atoms with E-state index in [2.05, 4.69) is 4.74 Å². The molecule has 0 heterocycles. The molecule has 18 heavy (non-hydrogen) atoms. The lowest BCUT2D eigenvalue weighted by molar-refractivity contribution is -0.204. The molecule has 0 aliphatic heterocycles. The first-order valence-electron chi connectivity index (χ1n) is 5.01. The van der Waals surface area contributed by atoms with Crippen LogP contribution in [-0.2, 0) is 19.1 Å². The highest BCUT2D eigenvalue weighted by Gasteiger charge is 2.42. The summed E-state index contributed by atoms with van der Waals surface area (Å²) in [6.45, 7) is 4.89. The van der Waals surface area contributed by atoms with Crippen LogP contribution in [0.3, 0.4) is 0 Å². The lowest BCUT2D eigenvalue weighted by Crippen LogP contribution is -2.33. The van der Waals surface area contributed by atoms with E-state index in [9.17, 15) is 22.8 Å². The first-order valence-corrected chi connectivity index (χ1v) is 6.54. The second-order valence-corrected chi connectivity index (χ2v) is 5.35. The highest BCUT2D eigenvalue weighted by atomic mass is 127. The number of rotatable bonds is 4. The van der Waals surface area contributed by atoms with E-state index in [1.54, 1.807) is 43.4 Å². The number of carbonyl (C=O) groups excluding carboxylic acids is 2. The third-order valence-electron chi connectivity index (χ3n) is 1.49. The van der Waals surface area contributed by atoms with Crippen LogP contribution in [0.25, 0.3) is 0 Å². The van der Waals surface area contributed by atoms with Crippen molar-refractivity contribution in [2.75, 3.05) is 4.43 Å². The fraction of sp³-hybridized carbons (Fsp3) is 0.800. The minimum atomic E-state index is -5.06. The molecule has 0 aliphatic carbocycles. The van der Waals surface area contributed by atoms with Gasteiger partial charge in [0.25, 0.3) is 0 Å². The number of hydrogen-bond acceptors (Lipinski definition) is 4. The Kier molecular flexibility index (Phi) is 6.38. The molecule has 0 fully saturated rings. The van der Waals surface area contributed by atoms with Crippen LogP contribution in [0.2, 0.25) is 0 Å². The molecule has 0 bridgehead atoms. The van der Waals surface area contributed by atoms with Gasteiger partial charge in [0.15, 0.2) is 0 Å². The van der Waals surface area contributed by atoms with E-state index >= 15 is 0 Å². The minimum absolute atomic E-state index is 0.0683. The Morgan fingerprint density at radius 3 is 2.06 bits per heavy atom. The van der Waals surface area contributed by atoms with Gasteiger partial charge < -0.3 is 9.47 Å². The van der Waals surface area contributed by atoms with Crippen LogP contribution in [0.5, 0.6) is 0 Å². The van der Waals surface area contributed by atoms with Crippen LogP contribution in [0.15, 0.2) is 0 Å². The van der Waals surface area contributed by atoms with Crippen molar-refractivity contribution < 1.29 is 32.2 Å². The summed E-state index contributed by atoms with van der Waals surface area (Å²) in [7, 11) is 0. The van der Waals surface area contributed by atoms with Gasteiger partial charge in [-0.25, -0.2) is 4.79 Å². The predicted molar refractivity (Wildman–Crippen MR) is 65.3 cm³/mol. The van der Waals surface area contributed by atoms with Crippen molar-refractivity contribution in [3.63, 3.8) is 0 Å². The van der Waals surface area contributed by atoms with Crippen molar-refractivity contribution in [3.8, 4) is 0 Å². The quantitative estimate of drug-likeness (QED) is 0.426. The maximum Gasteiger partial charge on any atom is 0.490 e. The van der Waals surface area contributed by atoms with Crippen molar-refractivity contribution in [3.05, 3.63) is 0 Å². The zero-order valence-corrected chi connectivity index (χ0v) is 12.3. The van der Waals surface area contributed by atoms with Crippen molar-refractivity contribution in [1.29, 1.82) is 0 Å². The molecule has 8 heteroatoms. The average molecular weight is 382 g/mol. The van der Waals surface area contributed by atoms with Gasteiger partial charge in [-0.15, -0.1) is 0 Å². The predicted octanol–water partition coefficient (Wildman–Crippen LogP) is 2.63. The van der Waals surface area contributed by atoms with E-state index in [-0.39, 0.29) is 4.43 Å². The van der Waals surface area contributed by atoms with E-state index in [0.29, 0.717) is 0 Å². The van der Waals surface area contributed by atoms with Crippen LogP contribution in [0, 0.1) is 0 Å². The second kappa shape index (κ2) is 6.58. The number of carbonyl (C=O) groups is 2. The second-order valence-electron chi connectivity index (χ2n) is 4.47. The summed E-state index contributed by atoms with van der Waals surface area (Å²) in [5.41, 5.74) is -0.735. The van der Waals surface area contributed by atoms with Gasteiger partial charge in [-0.1, -0.05) is 22.6 Å². The molecule has 1 unspecified atom stereocenters. The van der Waals surface area contributed by atoms with Gasteiger partial charge in [0.2, 0.25) is 0 Å². The zero-order chi connectivity index (χ0) is 14.6. The fourth-order valence-corrected chi connectivity index (χ4v) is 1.41. The monoisotopic (exact) mass is 382 g/mol. The molecular weight excluding hydrogens is 368 g/mol. The van der Waals surface area contributed by atoms with Gasteiger partial charge in [-0.3, -0.25) is 4.79 Å². The number of alkyl halides is 4. The zero-order valence-electron chi connectivity index (χ0n) is 10.1. The highest BCUT2D eigenvalue weighted by molar-refractivity contribution is 14.1. The van der Waals surface area contributed by atoms with Crippen molar-refractivity contribution in [2.24, 2.45) is 0 Å². The molecule has 0 N–H and O–H groups in total. The SMILES string of the molecule is CC(C)(C)OC(=O)CC(CI)OC(=O)C(F)(F)F. The fourth-order valence-electron chi connectivity index (χ4n) is 0.915. The maximum absolute atomic E-state index is 12.0. The molecule has 0 rings (SSSR count). The first-order chi connectivity index (χ1) is 7.95. The topological polar surface area (TPSA) is 52.6 Å². The van der Waals surface area contributed by atoms with E-state index in [1.807, 2.05) is 0 Å². The van der Waals surface area contributed by atoms with Crippen molar-refractivity contribution in [2.45, 2.75) is 45.1 Å². The first kappa shape index (κ1) is 17.5. The van der Waals surface area contributed by atoms with Crippen LogP contribution in [0.1, 0.15) is 27.2 Å². The van der Waals surface area contributed by atoms with E-state index in [4.69, 9.17) is 4.74 Å². The summed E-state index contributed by atoms with van der Waals surface area (Å²) in [5.74, 6) is -3.01. The highest BCUT2D eigenvalue weighted by Crippen LogP contribution is 2.19. The number of hydrogen-bond donors (Lipinski definition) is 0. The Hall–Kier alpha value is -0.540. The maximum atomic E-state index is 12.0. The molecule has 0 aromatic rings. The Labute approximate surface area is 116 Å². The third-order valence-corrected chi connectivity index (χ3v) is 2.47. The molecule has 0 aromatic carbocycles. The Morgan fingerprint density at radius 1 is 1.22 bits per heavy atom. The molecule has 1 atom stereocenters. The number of halogens is 4. The molecule has 0 amide bonds. The van der Waals surface area contributed by atoms with Gasteiger partial charge in [0.05, 0.1) is 6.42 Å². The van der Waals surface area contributed by atoms with Crippen molar-refractivity contribution in [1.82, 2.24) is 0 Å². The third kappa shape index (κ3) is 7.72. The molecule has 0 saturated heterocycles. The Bertz CT molecular complexity index is 309. The standard InChI is InChI=1S/C10H14F3IO4/c1-9(2,3)18-7(15)4-6(5-14)17-8(16)10(11,12)13/h6H,4-5H2,1-3H3. The molecule has 0 aliphatic rings. The van der Waals surface area contributed by atoms with Crippen molar-refractivity contribution >= 4 is 34.5 Å². The molecular formula is C10H14F3IO4. The van der Waals surface area contributed by atoms with Gasteiger partial charge in [0.1, 0.15) is 11.7 Å². The smallest absolute Gasteiger partial charge is 0.460 e. The molecule has 106 valence electrons.